The van der Waals surface area contributed by atoms with Gasteiger partial charge in [0.25, 0.3) is 5.91 Å². The molecule has 3 fully saturated rings. The lowest BCUT2D eigenvalue weighted by atomic mass is 10.0. The molecule has 39 heavy (non-hydrogen) atoms. The first-order valence-corrected chi connectivity index (χ1v) is 15.5. The first-order valence-electron chi connectivity index (χ1n) is 13.9. The van der Waals surface area contributed by atoms with Crippen molar-refractivity contribution in [3.63, 3.8) is 0 Å². The summed E-state index contributed by atoms with van der Waals surface area (Å²) in [6, 6.07) is 5.09. The number of morpholine rings is 2. The van der Waals surface area contributed by atoms with Gasteiger partial charge >= 0.3 is 0 Å². The number of likely N-dealkylation sites (tertiary alicyclic amines) is 1. The number of sulfone groups is 1. The van der Waals surface area contributed by atoms with Gasteiger partial charge in [-0.2, -0.15) is 5.10 Å². The highest BCUT2D eigenvalue weighted by molar-refractivity contribution is 7.90. The fraction of sp³-hybridized carbons (Fsp3) is 0.630. The number of rotatable bonds is 6. The highest BCUT2D eigenvalue weighted by Gasteiger charge is 2.39. The molecule has 0 aliphatic carbocycles. The van der Waals surface area contributed by atoms with E-state index in [1.165, 1.54) is 0 Å². The number of methoxy groups -OCH3 is 1. The Morgan fingerprint density at radius 3 is 2.49 bits per heavy atom. The highest BCUT2D eigenvalue weighted by atomic mass is 32.2. The van der Waals surface area contributed by atoms with Crippen LogP contribution in [0.15, 0.2) is 23.1 Å². The maximum absolute atomic E-state index is 13.7. The number of amides is 1. The zero-order valence-corrected chi connectivity index (χ0v) is 23.3. The smallest absolute Gasteiger partial charge is 0.274 e. The van der Waals surface area contributed by atoms with Crippen molar-refractivity contribution in [1.29, 1.82) is 0 Å². The van der Waals surface area contributed by atoms with Gasteiger partial charge in [-0.25, -0.2) is 8.42 Å². The molecule has 1 atom stereocenters. The Kier molecular flexibility index (Phi) is 7.64. The predicted octanol–water partition coefficient (Wildman–Crippen LogP) is 1.29. The van der Waals surface area contributed by atoms with Gasteiger partial charge in [0.1, 0.15) is 5.75 Å². The van der Waals surface area contributed by atoms with Crippen LogP contribution in [0.5, 0.6) is 5.75 Å². The molecule has 0 N–H and O–H groups in total. The molecule has 1 unspecified atom stereocenters. The number of hydrogen-bond donors (Lipinski definition) is 0. The molecule has 0 spiro atoms. The molecule has 2 aromatic rings. The lowest BCUT2D eigenvalue weighted by molar-refractivity contribution is 0.0294. The fourth-order valence-electron chi connectivity index (χ4n) is 6.15. The highest BCUT2D eigenvalue weighted by Crippen LogP contribution is 2.43. The minimum atomic E-state index is -3.65. The van der Waals surface area contributed by atoms with E-state index in [2.05, 4.69) is 9.80 Å². The number of carbonyl (C=O) groups excluding carboxylic acids is 1. The number of fused-ring (bicyclic) bond motifs is 3. The number of aromatic nitrogens is 2. The summed E-state index contributed by atoms with van der Waals surface area (Å²) in [5, 5.41) is 4.92. The normalized spacial score (nSPS) is 23.7. The molecular weight excluding hydrogens is 522 g/mol. The second-order valence-electron chi connectivity index (χ2n) is 10.7. The van der Waals surface area contributed by atoms with Crippen LogP contribution in [-0.2, 0) is 25.1 Å². The van der Waals surface area contributed by atoms with Crippen LogP contribution in [-0.4, -0.2) is 125 Å². The van der Waals surface area contributed by atoms with Crippen LogP contribution in [0.1, 0.15) is 34.9 Å². The molecule has 12 heteroatoms. The van der Waals surface area contributed by atoms with Gasteiger partial charge in [0, 0.05) is 56.9 Å². The van der Waals surface area contributed by atoms with Crippen molar-refractivity contribution in [2.24, 2.45) is 0 Å². The van der Waals surface area contributed by atoms with E-state index in [9.17, 15) is 13.2 Å². The largest absolute Gasteiger partial charge is 0.497 e. The first-order chi connectivity index (χ1) is 18.9. The molecule has 0 bridgehead atoms. The summed E-state index contributed by atoms with van der Waals surface area (Å²) in [7, 11) is -2.08. The van der Waals surface area contributed by atoms with Crippen LogP contribution in [0.3, 0.4) is 0 Å². The van der Waals surface area contributed by atoms with E-state index in [1.807, 2.05) is 4.68 Å². The second kappa shape index (κ2) is 11.2. The zero-order valence-electron chi connectivity index (χ0n) is 22.5. The van der Waals surface area contributed by atoms with Crippen LogP contribution >= 0.6 is 0 Å². The summed E-state index contributed by atoms with van der Waals surface area (Å²) < 4.78 is 45.2. The molecule has 6 rings (SSSR count). The Morgan fingerprint density at radius 2 is 1.74 bits per heavy atom. The van der Waals surface area contributed by atoms with Crippen molar-refractivity contribution in [3.8, 4) is 17.0 Å². The van der Waals surface area contributed by atoms with Crippen molar-refractivity contribution in [3.05, 3.63) is 29.5 Å². The molecule has 11 nitrogen and oxygen atoms in total. The molecule has 3 saturated heterocycles. The van der Waals surface area contributed by atoms with Crippen molar-refractivity contribution in [2.75, 3.05) is 85.9 Å². The minimum absolute atomic E-state index is 0.0308. The molecule has 5 heterocycles. The predicted molar refractivity (Wildman–Crippen MR) is 144 cm³/mol. The molecule has 4 aliphatic rings. The topological polar surface area (TPSA) is 106 Å². The van der Waals surface area contributed by atoms with Gasteiger partial charge in [-0.1, -0.05) is 0 Å². The van der Waals surface area contributed by atoms with Crippen molar-refractivity contribution < 1.29 is 27.4 Å². The molecule has 0 radical (unpaired) electrons. The zero-order chi connectivity index (χ0) is 27.0. The standard InChI is InChI=1S/C27H37N5O6S/c1-36-21-4-5-24-22(17-21)26-23(19-39(24,34)35)25(27(33)31-11-15-38-16-12-31)28-32(26)20-3-2-6-30(18-20)8-7-29-9-13-37-14-10-29/h4-5,17,20H,2-3,6-16,18-19H2,1H3. The van der Waals surface area contributed by atoms with Crippen LogP contribution < -0.4 is 4.74 Å². The van der Waals surface area contributed by atoms with E-state index >= 15 is 0 Å². The van der Waals surface area contributed by atoms with Crippen molar-refractivity contribution >= 4 is 15.7 Å². The number of carbonyl (C=O) groups is 1. The summed E-state index contributed by atoms with van der Waals surface area (Å²) in [6.45, 7) is 9.13. The minimum Gasteiger partial charge on any atom is -0.497 e. The Hall–Kier alpha value is -2.51. The Bertz CT molecular complexity index is 1320. The molecular formula is C27H37N5O6S. The van der Waals surface area contributed by atoms with Gasteiger partial charge in [-0.15, -0.1) is 0 Å². The molecule has 1 aromatic carbocycles. The SMILES string of the molecule is COc1ccc2c(c1)-c1c(c(C(=O)N3CCOCC3)nn1C1CCCN(CCN3CCOCC3)C1)CS2(=O)=O. The summed E-state index contributed by atoms with van der Waals surface area (Å²) >= 11 is 0. The molecule has 0 saturated carbocycles. The fourth-order valence-corrected chi connectivity index (χ4v) is 7.72. The van der Waals surface area contributed by atoms with Crippen molar-refractivity contribution in [2.45, 2.75) is 29.5 Å². The third-order valence-electron chi connectivity index (χ3n) is 8.28. The van der Waals surface area contributed by atoms with Crippen LogP contribution in [0.25, 0.3) is 11.3 Å². The monoisotopic (exact) mass is 559 g/mol. The van der Waals surface area contributed by atoms with Gasteiger partial charge in [0.05, 0.1) is 55.9 Å². The number of benzene rings is 1. The van der Waals surface area contributed by atoms with Crippen LogP contribution in [0.4, 0.5) is 0 Å². The van der Waals surface area contributed by atoms with Gasteiger partial charge < -0.3 is 19.1 Å². The Balaban J connectivity index is 1.37. The molecule has 1 amide bonds. The van der Waals surface area contributed by atoms with Crippen molar-refractivity contribution in [1.82, 2.24) is 24.5 Å². The molecule has 212 valence electrons. The van der Waals surface area contributed by atoms with E-state index < -0.39 is 9.84 Å². The van der Waals surface area contributed by atoms with E-state index in [-0.39, 0.29) is 28.3 Å². The van der Waals surface area contributed by atoms with Crippen LogP contribution in [0, 0.1) is 0 Å². The van der Waals surface area contributed by atoms with E-state index in [1.54, 1.807) is 30.2 Å². The quantitative estimate of drug-likeness (QED) is 0.518. The number of nitrogens with zero attached hydrogens (tertiary/aromatic N) is 5. The van der Waals surface area contributed by atoms with E-state index in [0.29, 0.717) is 43.2 Å². The Labute approximate surface area is 229 Å². The van der Waals surface area contributed by atoms with Gasteiger partial charge in [0.15, 0.2) is 15.5 Å². The average molecular weight is 560 g/mol. The summed E-state index contributed by atoms with van der Waals surface area (Å²) in [5.74, 6) is 0.108. The number of piperidine rings is 1. The van der Waals surface area contributed by atoms with E-state index in [4.69, 9.17) is 19.3 Å². The lowest BCUT2D eigenvalue weighted by Crippen LogP contribution is -2.44. The van der Waals surface area contributed by atoms with Gasteiger partial charge in [-0.05, 0) is 37.6 Å². The third-order valence-corrected chi connectivity index (χ3v) is 9.98. The van der Waals surface area contributed by atoms with Gasteiger partial charge in [0.2, 0.25) is 0 Å². The molecule has 1 aromatic heterocycles. The Morgan fingerprint density at radius 1 is 1.03 bits per heavy atom. The summed E-state index contributed by atoms with van der Waals surface area (Å²) in [4.78, 5) is 20.6. The second-order valence-corrected chi connectivity index (χ2v) is 12.7. The first kappa shape index (κ1) is 26.7. The lowest BCUT2D eigenvalue weighted by Gasteiger charge is -2.36. The third kappa shape index (κ3) is 5.32. The average Bonchev–Trinajstić information content (AvgIpc) is 3.35. The van der Waals surface area contributed by atoms with E-state index in [0.717, 1.165) is 71.0 Å². The summed E-state index contributed by atoms with van der Waals surface area (Å²) in [6.07, 6.45) is 1.93. The van der Waals surface area contributed by atoms with Gasteiger partial charge in [-0.3, -0.25) is 19.3 Å². The number of hydrogen-bond acceptors (Lipinski definition) is 9. The summed E-state index contributed by atoms with van der Waals surface area (Å²) in [5.41, 5.74) is 2.04. The maximum atomic E-state index is 13.7. The molecule has 4 aliphatic heterocycles. The number of ether oxygens (including phenoxy) is 3. The van der Waals surface area contributed by atoms with Crippen LogP contribution in [0.2, 0.25) is 0 Å². The maximum Gasteiger partial charge on any atom is 0.274 e.